The second-order valence-corrected chi connectivity index (χ2v) is 6.11. The summed E-state index contributed by atoms with van der Waals surface area (Å²) in [6.07, 6.45) is -3.29. The van der Waals surface area contributed by atoms with Crippen LogP contribution in [0, 0.1) is 5.92 Å². The van der Waals surface area contributed by atoms with E-state index < -0.39 is 29.3 Å². The smallest absolute Gasteiger partial charge is 0.418 e. The van der Waals surface area contributed by atoms with Crippen LogP contribution < -0.4 is 10.5 Å². The van der Waals surface area contributed by atoms with Crippen molar-refractivity contribution in [2.45, 2.75) is 39.4 Å². The van der Waals surface area contributed by atoms with Crippen LogP contribution in [0.1, 0.15) is 38.8 Å². The molecule has 0 N–H and O–H groups in total. The van der Waals surface area contributed by atoms with Gasteiger partial charge in [0.2, 0.25) is 0 Å². The number of hydrogen-bond acceptors (Lipinski definition) is 4. The highest BCUT2D eigenvalue weighted by Gasteiger charge is 2.36. The summed E-state index contributed by atoms with van der Waals surface area (Å²) < 4.78 is 45.4. The predicted octanol–water partition coefficient (Wildman–Crippen LogP) is 3.08. The molecule has 1 unspecified atom stereocenters. The van der Waals surface area contributed by atoms with Gasteiger partial charge in [-0.3, -0.25) is 9.36 Å². The first-order valence-corrected chi connectivity index (χ1v) is 7.66. The number of rotatable bonds is 6. The lowest BCUT2D eigenvalue weighted by Gasteiger charge is -2.24. The standard InChI is InChI=1S/C16H23F3N2O3/c1-6-24-15(23)12(7-10(2)3)21-9-13(20(4)5)11(8-14(21)22)16(17,18)19/h8-10,12H,6-7H2,1-5H3. The number of alkyl halides is 3. The quantitative estimate of drug-likeness (QED) is 0.742. The first-order chi connectivity index (χ1) is 11.0. The van der Waals surface area contributed by atoms with E-state index in [1.165, 1.54) is 19.0 Å². The normalized spacial score (nSPS) is 13.0. The number of anilines is 1. The lowest BCUT2D eigenvalue weighted by Crippen LogP contribution is -2.33. The largest absolute Gasteiger partial charge is 0.464 e. The summed E-state index contributed by atoms with van der Waals surface area (Å²) in [4.78, 5) is 25.7. The van der Waals surface area contributed by atoms with Gasteiger partial charge in [-0.2, -0.15) is 13.2 Å². The molecule has 1 atom stereocenters. The van der Waals surface area contributed by atoms with Gasteiger partial charge in [0.05, 0.1) is 17.9 Å². The van der Waals surface area contributed by atoms with Gasteiger partial charge in [0, 0.05) is 26.4 Å². The van der Waals surface area contributed by atoms with Crippen molar-refractivity contribution in [3.8, 4) is 0 Å². The molecule has 0 aliphatic carbocycles. The maximum atomic E-state index is 13.1. The molecule has 136 valence electrons. The number of nitrogens with zero attached hydrogens (tertiary/aromatic N) is 2. The van der Waals surface area contributed by atoms with E-state index in [-0.39, 0.29) is 24.6 Å². The first-order valence-electron chi connectivity index (χ1n) is 7.66. The summed E-state index contributed by atoms with van der Waals surface area (Å²) in [5.74, 6) is -0.575. The zero-order valence-corrected chi connectivity index (χ0v) is 14.5. The molecule has 1 aromatic rings. The van der Waals surface area contributed by atoms with Gasteiger partial charge in [0.25, 0.3) is 5.56 Å². The molecule has 0 spiro atoms. The molecule has 0 saturated heterocycles. The molecule has 5 nitrogen and oxygen atoms in total. The molecule has 8 heteroatoms. The van der Waals surface area contributed by atoms with E-state index in [4.69, 9.17) is 4.74 Å². The molecule has 0 fully saturated rings. The Kier molecular flexibility index (Phi) is 6.45. The van der Waals surface area contributed by atoms with Gasteiger partial charge in [-0.1, -0.05) is 13.8 Å². The minimum absolute atomic E-state index is 0.0522. The van der Waals surface area contributed by atoms with E-state index in [1.54, 1.807) is 6.92 Å². The fourth-order valence-electron chi connectivity index (χ4n) is 2.37. The fourth-order valence-corrected chi connectivity index (χ4v) is 2.37. The highest BCUT2D eigenvalue weighted by atomic mass is 19.4. The summed E-state index contributed by atoms with van der Waals surface area (Å²) >= 11 is 0. The second-order valence-electron chi connectivity index (χ2n) is 6.11. The van der Waals surface area contributed by atoms with Crippen LogP contribution in [0.3, 0.4) is 0 Å². The highest BCUT2D eigenvalue weighted by Crippen LogP contribution is 2.35. The lowest BCUT2D eigenvalue weighted by molar-refractivity contribution is -0.147. The van der Waals surface area contributed by atoms with E-state index in [0.717, 1.165) is 10.8 Å². The Balaban J connectivity index is 3.52. The second kappa shape index (κ2) is 7.72. The van der Waals surface area contributed by atoms with Gasteiger partial charge in [-0.05, 0) is 19.3 Å². The third-order valence-corrected chi connectivity index (χ3v) is 3.44. The van der Waals surface area contributed by atoms with E-state index >= 15 is 0 Å². The topological polar surface area (TPSA) is 51.5 Å². The SMILES string of the molecule is CCOC(=O)C(CC(C)C)n1cc(N(C)C)c(C(F)(F)F)cc1=O. The Morgan fingerprint density at radius 2 is 1.92 bits per heavy atom. The lowest BCUT2D eigenvalue weighted by atomic mass is 10.0. The molecule has 0 saturated carbocycles. The molecule has 0 amide bonds. The van der Waals surface area contributed by atoms with Crippen LogP contribution in [-0.2, 0) is 15.7 Å². The number of aromatic nitrogens is 1. The van der Waals surface area contributed by atoms with Crippen LogP contribution >= 0.6 is 0 Å². The minimum atomic E-state index is -4.66. The van der Waals surface area contributed by atoms with Crippen molar-refractivity contribution in [1.29, 1.82) is 0 Å². The van der Waals surface area contributed by atoms with Crippen LogP contribution in [-0.4, -0.2) is 31.2 Å². The average molecular weight is 348 g/mol. The highest BCUT2D eigenvalue weighted by molar-refractivity contribution is 5.74. The third kappa shape index (κ3) is 4.75. The molecule has 0 aliphatic rings. The number of hydrogen-bond donors (Lipinski definition) is 0. The van der Waals surface area contributed by atoms with Crippen molar-refractivity contribution in [2.75, 3.05) is 25.6 Å². The fraction of sp³-hybridized carbons (Fsp3) is 0.625. The molecule has 1 rings (SSSR count). The van der Waals surface area contributed by atoms with Gasteiger partial charge in [-0.25, -0.2) is 4.79 Å². The van der Waals surface area contributed by atoms with E-state index in [0.29, 0.717) is 6.07 Å². The maximum Gasteiger partial charge on any atom is 0.418 e. The van der Waals surface area contributed by atoms with E-state index in [2.05, 4.69) is 0 Å². The van der Waals surface area contributed by atoms with Crippen LogP contribution in [0.2, 0.25) is 0 Å². The Labute approximate surface area is 139 Å². The van der Waals surface area contributed by atoms with Gasteiger partial charge in [0.15, 0.2) is 0 Å². The Hall–Kier alpha value is -1.99. The Morgan fingerprint density at radius 3 is 2.33 bits per heavy atom. The molecule has 0 aliphatic heterocycles. The summed E-state index contributed by atoms with van der Waals surface area (Å²) in [7, 11) is 2.89. The number of esters is 1. The number of carbonyl (C=O) groups is 1. The Morgan fingerprint density at radius 1 is 1.33 bits per heavy atom. The maximum absolute atomic E-state index is 13.1. The average Bonchev–Trinajstić information content (AvgIpc) is 2.43. The van der Waals surface area contributed by atoms with Gasteiger partial charge >= 0.3 is 12.1 Å². The van der Waals surface area contributed by atoms with Crippen molar-refractivity contribution in [3.05, 3.63) is 28.2 Å². The van der Waals surface area contributed by atoms with Gasteiger partial charge in [-0.15, -0.1) is 0 Å². The van der Waals surface area contributed by atoms with Crippen molar-refractivity contribution >= 4 is 11.7 Å². The zero-order valence-electron chi connectivity index (χ0n) is 14.5. The summed E-state index contributed by atoms with van der Waals surface area (Å²) in [5.41, 5.74) is -2.09. The van der Waals surface area contributed by atoms with Gasteiger partial charge in [0.1, 0.15) is 6.04 Å². The monoisotopic (exact) mass is 348 g/mol. The number of halogens is 3. The molecule has 0 radical (unpaired) electrons. The molecule has 1 aromatic heterocycles. The van der Waals surface area contributed by atoms with Crippen molar-refractivity contribution in [3.63, 3.8) is 0 Å². The number of carbonyl (C=O) groups excluding carboxylic acids is 1. The van der Waals surface area contributed by atoms with Crippen LogP contribution in [0.15, 0.2) is 17.1 Å². The van der Waals surface area contributed by atoms with Gasteiger partial charge < -0.3 is 9.64 Å². The molecule has 0 bridgehead atoms. The molecule has 1 heterocycles. The van der Waals surface area contributed by atoms with Crippen molar-refractivity contribution in [2.24, 2.45) is 5.92 Å². The number of ether oxygens (including phenoxy) is 1. The molecular weight excluding hydrogens is 325 g/mol. The third-order valence-electron chi connectivity index (χ3n) is 3.44. The van der Waals surface area contributed by atoms with Crippen LogP contribution in [0.25, 0.3) is 0 Å². The number of pyridine rings is 1. The summed E-state index contributed by atoms with van der Waals surface area (Å²) in [5, 5.41) is 0. The molecule has 0 aromatic carbocycles. The first kappa shape index (κ1) is 20.1. The molecule has 24 heavy (non-hydrogen) atoms. The van der Waals surface area contributed by atoms with E-state index in [1.807, 2.05) is 13.8 Å². The summed E-state index contributed by atoms with van der Waals surface area (Å²) in [6.45, 7) is 5.47. The van der Waals surface area contributed by atoms with Crippen molar-refractivity contribution in [1.82, 2.24) is 4.57 Å². The van der Waals surface area contributed by atoms with Crippen LogP contribution in [0.4, 0.5) is 18.9 Å². The zero-order chi connectivity index (χ0) is 18.7. The Bertz CT molecular complexity index is 636. The van der Waals surface area contributed by atoms with E-state index in [9.17, 15) is 22.8 Å². The predicted molar refractivity (Wildman–Crippen MR) is 85.2 cm³/mol. The minimum Gasteiger partial charge on any atom is -0.464 e. The molecular formula is C16H23F3N2O3. The van der Waals surface area contributed by atoms with Crippen LogP contribution in [0.5, 0.6) is 0 Å². The van der Waals surface area contributed by atoms with Crippen molar-refractivity contribution < 1.29 is 22.7 Å². The summed E-state index contributed by atoms with van der Waals surface area (Å²) in [6, 6.07) is -0.430.